The largest absolute Gasteiger partial charge is 0.416 e. The zero-order valence-electron chi connectivity index (χ0n) is 19.1. The molecule has 2 aliphatic heterocycles. The summed E-state index contributed by atoms with van der Waals surface area (Å²) in [6, 6.07) is 7.29. The third-order valence-corrected chi connectivity index (χ3v) is 6.71. The van der Waals surface area contributed by atoms with Gasteiger partial charge in [-0.2, -0.15) is 13.2 Å². The van der Waals surface area contributed by atoms with E-state index >= 15 is 0 Å². The molecule has 2 aliphatic rings. The average molecular weight is 486 g/mol. The van der Waals surface area contributed by atoms with Gasteiger partial charge in [-0.1, -0.05) is 6.07 Å². The van der Waals surface area contributed by atoms with Crippen molar-refractivity contribution in [2.24, 2.45) is 5.92 Å². The van der Waals surface area contributed by atoms with Crippen molar-refractivity contribution in [2.45, 2.75) is 19.0 Å². The average Bonchev–Trinajstić information content (AvgIpc) is 3.43. The Morgan fingerprint density at radius 1 is 0.914 bits per heavy atom. The van der Waals surface area contributed by atoms with Crippen LogP contribution in [0.25, 0.3) is 5.82 Å². The van der Waals surface area contributed by atoms with Crippen LogP contribution in [0.2, 0.25) is 0 Å². The van der Waals surface area contributed by atoms with Crippen LogP contribution in [0.1, 0.15) is 18.4 Å². The van der Waals surface area contributed by atoms with Gasteiger partial charge in [0, 0.05) is 69.3 Å². The van der Waals surface area contributed by atoms with Gasteiger partial charge in [0.15, 0.2) is 0 Å². The Morgan fingerprint density at radius 2 is 1.66 bits per heavy atom. The summed E-state index contributed by atoms with van der Waals surface area (Å²) in [7, 11) is 0. The van der Waals surface area contributed by atoms with E-state index in [0.717, 1.165) is 43.6 Å². The summed E-state index contributed by atoms with van der Waals surface area (Å²) in [6.07, 6.45) is 3.83. The van der Waals surface area contributed by atoms with Gasteiger partial charge in [-0.3, -0.25) is 9.36 Å². The molecule has 0 saturated carbocycles. The second-order valence-corrected chi connectivity index (χ2v) is 8.83. The molecule has 11 heteroatoms. The fourth-order valence-corrected chi connectivity index (χ4v) is 4.72. The number of benzene rings is 1. The summed E-state index contributed by atoms with van der Waals surface area (Å²) in [5.74, 6) is 1.64. The van der Waals surface area contributed by atoms with E-state index in [-0.39, 0.29) is 11.8 Å². The predicted octanol–water partition coefficient (Wildman–Crippen LogP) is 3.25. The third-order valence-electron chi connectivity index (χ3n) is 6.71. The van der Waals surface area contributed by atoms with Crippen LogP contribution in [0.4, 0.5) is 24.7 Å². The summed E-state index contributed by atoms with van der Waals surface area (Å²) in [6.45, 7) is 3.50. The highest BCUT2D eigenvalue weighted by Gasteiger charge is 2.33. The van der Waals surface area contributed by atoms with Crippen molar-refractivity contribution >= 4 is 17.4 Å². The lowest BCUT2D eigenvalue weighted by Crippen LogP contribution is -2.51. The number of imidazole rings is 1. The first-order valence-corrected chi connectivity index (χ1v) is 11.6. The molecule has 2 fully saturated rings. The van der Waals surface area contributed by atoms with Gasteiger partial charge < -0.3 is 14.7 Å². The van der Waals surface area contributed by atoms with Crippen LogP contribution in [0.5, 0.6) is 0 Å². The number of aromatic nitrogens is 4. The highest BCUT2D eigenvalue weighted by molar-refractivity contribution is 5.79. The molecule has 8 nitrogen and oxygen atoms in total. The van der Waals surface area contributed by atoms with Gasteiger partial charge >= 0.3 is 6.18 Å². The van der Waals surface area contributed by atoms with Crippen LogP contribution in [0, 0.1) is 5.92 Å². The predicted molar refractivity (Wildman–Crippen MR) is 124 cm³/mol. The standard InChI is InChI=1S/C24H26F3N7O/c25-24(26,27)19-2-1-3-20(14-19)31-10-12-33(13-11-31)23(35)18-4-7-32(8-5-18)21-15-22(30-16-29-21)34-9-6-28-17-34/h1-3,6,9,14-18H,4-5,7-8,10-13H2. The first-order valence-electron chi connectivity index (χ1n) is 11.6. The maximum absolute atomic E-state index is 13.1. The van der Waals surface area contributed by atoms with E-state index in [1.54, 1.807) is 18.6 Å². The number of carbonyl (C=O) groups is 1. The van der Waals surface area contributed by atoms with E-state index in [4.69, 9.17) is 0 Å². The van der Waals surface area contributed by atoms with Crippen LogP contribution in [-0.4, -0.2) is 69.6 Å². The van der Waals surface area contributed by atoms with E-state index in [1.165, 1.54) is 18.5 Å². The molecular formula is C24H26F3N7O. The van der Waals surface area contributed by atoms with Gasteiger partial charge in [-0.15, -0.1) is 0 Å². The molecule has 184 valence electrons. The number of alkyl halides is 3. The Balaban J connectivity index is 1.14. The molecule has 1 amide bonds. The number of nitrogens with zero attached hydrogens (tertiary/aromatic N) is 7. The lowest BCUT2D eigenvalue weighted by molar-refractivity contribution is -0.137. The molecule has 0 N–H and O–H groups in total. The van der Waals surface area contributed by atoms with Gasteiger partial charge in [-0.25, -0.2) is 15.0 Å². The van der Waals surface area contributed by atoms with Crippen LogP contribution < -0.4 is 9.80 Å². The number of carbonyl (C=O) groups excluding carboxylic acids is 1. The molecular weight excluding hydrogens is 459 g/mol. The Hall–Kier alpha value is -3.63. The number of piperazine rings is 1. The summed E-state index contributed by atoms with van der Waals surface area (Å²) < 4.78 is 41.0. The molecule has 4 heterocycles. The number of hydrogen-bond acceptors (Lipinski definition) is 6. The van der Waals surface area contributed by atoms with Crippen molar-refractivity contribution in [3.8, 4) is 5.82 Å². The van der Waals surface area contributed by atoms with Crippen molar-refractivity contribution in [1.82, 2.24) is 24.4 Å². The zero-order chi connectivity index (χ0) is 24.4. The molecule has 0 aliphatic carbocycles. The first-order chi connectivity index (χ1) is 16.9. The Kier molecular flexibility index (Phi) is 6.31. The van der Waals surface area contributed by atoms with Crippen LogP contribution in [0.15, 0.2) is 55.4 Å². The Bertz CT molecular complexity index is 1150. The molecule has 1 aromatic carbocycles. The van der Waals surface area contributed by atoms with E-state index in [9.17, 15) is 18.0 Å². The molecule has 0 radical (unpaired) electrons. The Morgan fingerprint density at radius 3 is 2.34 bits per heavy atom. The van der Waals surface area contributed by atoms with E-state index < -0.39 is 11.7 Å². The van der Waals surface area contributed by atoms with E-state index in [2.05, 4.69) is 19.9 Å². The molecule has 0 unspecified atom stereocenters. The molecule has 2 aromatic heterocycles. The van der Waals surface area contributed by atoms with Gasteiger partial charge in [0.05, 0.1) is 5.56 Å². The summed E-state index contributed by atoms with van der Waals surface area (Å²) in [4.78, 5) is 31.8. The van der Waals surface area contributed by atoms with E-state index in [0.29, 0.717) is 31.9 Å². The van der Waals surface area contributed by atoms with Crippen molar-refractivity contribution in [2.75, 3.05) is 49.1 Å². The highest BCUT2D eigenvalue weighted by atomic mass is 19.4. The quantitative estimate of drug-likeness (QED) is 0.565. The number of rotatable bonds is 4. The molecule has 0 spiro atoms. The molecule has 0 bridgehead atoms. The van der Waals surface area contributed by atoms with Gasteiger partial charge in [0.2, 0.25) is 5.91 Å². The van der Waals surface area contributed by atoms with Crippen molar-refractivity contribution in [3.05, 3.63) is 60.9 Å². The fourth-order valence-electron chi connectivity index (χ4n) is 4.72. The topological polar surface area (TPSA) is 70.4 Å². The van der Waals surface area contributed by atoms with Crippen molar-refractivity contribution < 1.29 is 18.0 Å². The van der Waals surface area contributed by atoms with Gasteiger partial charge in [0.1, 0.15) is 24.3 Å². The third kappa shape index (κ3) is 5.08. The van der Waals surface area contributed by atoms with Crippen molar-refractivity contribution in [1.29, 1.82) is 0 Å². The van der Waals surface area contributed by atoms with Crippen LogP contribution in [0.3, 0.4) is 0 Å². The minimum absolute atomic E-state index is 0.0543. The maximum Gasteiger partial charge on any atom is 0.416 e. The molecule has 3 aromatic rings. The maximum atomic E-state index is 13.1. The summed E-state index contributed by atoms with van der Waals surface area (Å²) in [5.41, 5.74) is -0.110. The van der Waals surface area contributed by atoms with Crippen molar-refractivity contribution in [3.63, 3.8) is 0 Å². The highest BCUT2D eigenvalue weighted by Crippen LogP contribution is 2.32. The zero-order valence-corrected chi connectivity index (χ0v) is 19.1. The molecule has 5 rings (SSSR count). The number of anilines is 2. The number of hydrogen-bond donors (Lipinski definition) is 0. The number of halogens is 3. The number of piperidine rings is 1. The van der Waals surface area contributed by atoms with Gasteiger partial charge in [-0.05, 0) is 31.0 Å². The van der Waals surface area contributed by atoms with Crippen LogP contribution in [-0.2, 0) is 11.0 Å². The molecule has 2 saturated heterocycles. The second-order valence-electron chi connectivity index (χ2n) is 8.83. The fraction of sp³-hybridized carbons (Fsp3) is 0.417. The number of amides is 1. The monoisotopic (exact) mass is 485 g/mol. The lowest BCUT2D eigenvalue weighted by atomic mass is 9.95. The van der Waals surface area contributed by atoms with Crippen LogP contribution >= 0.6 is 0 Å². The molecule has 0 atom stereocenters. The summed E-state index contributed by atoms with van der Waals surface area (Å²) in [5, 5.41) is 0. The SMILES string of the molecule is O=C(C1CCN(c2cc(-n3ccnc3)ncn2)CC1)N1CCN(c2cccc(C(F)(F)F)c2)CC1. The lowest BCUT2D eigenvalue weighted by Gasteiger charge is -2.39. The second kappa shape index (κ2) is 9.55. The normalized spacial score (nSPS) is 17.6. The van der Waals surface area contributed by atoms with E-state index in [1.807, 2.05) is 26.6 Å². The Labute approximate surface area is 201 Å². The smallest absolute Gasteiger partial charge is 0.368 e. The first kappa shape index (κ1) is 23.1. The molecule has 35 heavy (non-hydrogen) atoms. The minimum Gasteiger partial charge on any atom is -0.368 e. The summed E-state index contributed by atoms with van der Waals surface area (Å²) >= 11 is 0. The van der Waals surface area contributed by atoms with Gasteiger partial charge in [0.25, 0.3) is 0 Å². The minimum atomic E-state index is -4.37.